The van der Waals surface area contributed by atoms with E-state index in [4.69, 9.17) is 20.3 Å². The molecule has 3 N–H and O–H groups in total. The van der Waals surface area contributed by atoms with Crippen LogP contribution >= 0.6 is 0 Å². The van der Waals surface area contributed by atoms with Crippen LogP contribution in [0.4, 0.5) is 0 Å². The van der Waals surface area contributed by atoms with E-state index in [0.29, 0.717) is 0 Å². The Morgan fingerprint density at radius 3 is 2.15 bits per heavy atom. The van der Waals surface area contributed by atoms with E-state index in [9.17, 15) is 0 Å². The Morgan fingerprint density at radius 2 is 1.67 bits per heavy atom. The van der Waals surface area contributed by atoms with Crippen LogP contribution < -0.4 is 5.73 Å². The maximum atomic E-state index is 8.02. The second kappa shape index (κ2) is 8.45. The average Bonchev–Trinajstić information content (AvgIpc) is 2.80. The molecule has 0 saturated carbocycles. The first-order valence-electron chi connectivity index (χ1n) is 9.60. The van der Waals surface area contributed by atoms with Gasteiger partial charge in [0.05, 0.1) is 11.2 Å². The molecule has 1 atom stereocenters. The first-order valence-corrected chi connectivity index (χ1v) is 9.60. The summed E-state index contributed by atoms with van der Waals surface area (Å²) in [5.74, 6) is 0. The van der Waals surface area contributed by atoms with Gasteiger partial charge in [-0.25, -0.2) is 4.89 Å². The van der Waals surface area contributed by atoms with Gasteiger partial charge < -0.3 is 15.0 Å². The fraction of sp³-hybridized carbons (Fsp3) is 0.619. The number of benzene rings is 1. The Hall–Kier alpha value is -1.18. The third kappa shape index (κ3) is 5.43. The fourth-order valence-corrected chi connectivity index (χ4v) is 3.01. The van der Waals surface area contributed by atoms with Crippen molar-refractivity contribution >= 4 is 7.12 Å². The summed E-state index contributed by atoms with van der Waals surface area (Å²) in [4.78, 5) is 3.93. The number of allylic oxidation sites excluding steroid dienone is 1. The van der Waals surface area contributed by atoms with Crippen LogP contribution in [0, 0.1) is 5.41 Å². The van der Waals surface area contributed by atoms with E-state index >= 15 is 0 Å². The van der Waals surface area contributed by atoms with Crippen molar-refractivity contribution in [3.63, 3.8) is 0 Å². The largest absolute Gasteiger partial charge is 0.490 e. The number of hydrogen-bond donors (Lipinski definition) is 2. The van der Waals surface area contributed by atoms with E-state index in [0.717, 1.165) is 18.4 Å². The fourth-order valence-electron chi connectivity index (χ4n) is 3.01. The van der Waals surface area contributed by atoms with Gasteiger partial charge in [-0.2, -0.15) is 0 Å². The minimum Gasteiger partial charge on any atom is -0.400 e. The van der Waals surface area contributed by atoms with Crippen molar-refractivity contribution in [1.29, 1.82) is 0 Å². The van der Waals surface area contributed by atoms with Crippen molar-refractivity contribution in [2.45, 2.75) is 78.2 Å². The predicted molar refractivity (Wildman–Crippen MR) is 111 cm³/mol. The highest BCUT2D eigenvalue weighted by Crippen LogP contribution is 2.42. The molecule has 1 aliphatic heterocycles. The van der Waals surface area contributed by atoms with Gasteiger partial charge in [-0.15, -0.1) is 0 Å². The molecule has 1 fully saturated rings. The lowest BCUT2D eigenvalue weighted by atomic mass is 9.65. The number of nitrogens with two attached hydrogens (primary N) is 1. The van der Waals surface area contributed by atoms with Gasteiger partial charge in [-0.3, -0.25) is 5.26 Å². The molecule has 1 aromatic carbocycles. The van der Waals surface area contributed by atoms with Gasteiger partial charge in [0.1, 0.15) is 6.61 Å². The lowest BCUT2D eigenvalue weighted by Crippen LogP contribution is -2.41. The number of rotatable bonds is 3. The monoisotopic (exact) mass is 377 g/mol. The maximum Gasteiger partial charge on any atom is 0.490 e. The summed E-state index contributed by atoms with van der Waals surface area (Å²) in [5.41, 5.74) is 8.04. The van der Waals surface area contributed by atoms with Crippen molar-refractivity contribution in [3.8, 4) is 0 Å². The summed E-state index contributed by atoms with van der Waals surface area (Å²) in [6, 6.07) is 9.57. The second-order valence-corrected chi connectivity index (χ2v) is 9.10. The molecule has 0 bridgehead atoms. The molecule has 0 amide bonds. The summed E-state index contributed by atoms with van der Waals surface area (Å²) < 4.78 is 12.1. The van der Waals surface area contributed by atoms with Crippen LogP contribution in [-0.2, 0) is 20.8 Å². The molecule has 6 heteroatoms. The molecule has 152 valence electrons. The van der Waals surface area contributed by atoms with Crippen LogP contribution in [0.5, 0.6) is 0 Å². The highest BCUT2D eigenvalue weighted by Gasteiger charge is 2.52. The molecular formula is C21H36BNO4. The predicted octanol–water partition coefficient (Wildman–Crippen LogP) is 4.61. The van der Waals surface area contributed by atoms with Crippen molar-refractivity contribution in [3.05, 3.63) is 47.4 Å². The summed E-state index contributed by atoms with van der Waals surface area (Å²) in [6.45, 7) is 13.0. The second-order valence-electron chi connectivity index (χ2n) is 9.10. The van der Waals surface area contributed by atoms with E-state index in [2.05, 4.69) is 52.5 Å². The molecule has 0 aromatic heterocycles. The molecule has 2 aliphatic rings. The summed E-state index contributed by atoms with van der Waals surface area (Å²) >= 11 is 0. The van der Waals surface area contributed by atoms with Gasteiger partial charge in [-0.1, -0.05) is 50.3 Å². The zero-order valence-corrected chi connectivity index (χ0v) is 17.5. The minimum atomic E-state index is -0.268. The Kier molecular flexibility index (Phi) is 6.93. The molecule has 0 radical (unpaired) electrons. The van der Waals surface area contributed by atoms with E-state index in [-0.39, 0.29) is 37.8 Å². The highest BCUT2D eigenvalue weighted by molar-refractivity contribution is 6.54. The first-order chi connectivity index (χ1) is 12.5. The Balaban J connectivity index is 0.000000332. The summed E-state index contributed by atoms with van der Waals surface area (Å²) in [5, 5.41) is 8.02. The molecule has 1 heterocycles. The van der Waals surface area contributed by atoms with E-state index in [1.807, 2.05) is 30.3 Å². The SMILES string of the molecule is CC1(C)CCC(B2OC(C)(C)C(C)(C)O2)=CC1N.OOCc1ccccc1.[HH]. The number of hydrogen-bond acceptors (Lipinski definition) is 5. The van der Waals surface area contributed by atoms with Gasteiger partial charge in [0.15, 0.2) is 0 Å². The molecule has 27 heavy (non-hydrogen) atoms. The summed E-state index contributed by atoms with van der Waals surface area (Å²) in [6.07, 6.45) is 4.24. The third-order valence-corrected chi connectivity index (χ3v) is 5.98. The minimum absolute atomic E-state index is 0. The van der Waals surface area contributed by atoms with Crippen LogP contribution in [0.1, 0.15) is 61.4 Å². The summed E-state index contributed by atoms with van der Waals surface area (Å²) in [7, 11) is -0.225. The van der Waals surface area contributed by atoms with E-state index in [1.165, 1.54) is 5.47 Å². The molecule has 1 unspecified atom stereocenters. The van der Waals surface area contributed by atoms with Crippen LogP contribution in [0.25, 0.3) is 0 Å². The lowest BCUT2D eigenvalue weighted by molar-refractivity contribution is -0.253. The van der Waals surface area contributed by atoms with E-state index in [1.54, 1.807) is 0 Å². The molecule has 3 rings (SSSR count). The molecule has 1 aliphatic carbocycles. The van der Waals surface area contributed by atoms with Crippen LogP contribution in [0.15, 0.2) is 41.9 Å². The van der Waals surface area contributed by atoms with Crippen molar-refractivity contribution < 1.29 is 20.9 Å². The molecule has 1 saturated heterocycles. The zero-order valence-electron chi connectivity index (χ0n) is 17.5. The van der Waals surface area contributed by atoms with E-state index < -0.39 is 0 Å². The van der Waals surface area contributed by atoms with Gasteiger partial charge in [0, 0.05) is 7.47 Å². The molecule has 1 aromatic rings. The standard InChI is InChI=1S/C14H26BNO2.C7H8O2.H2/c1-12(2)8-7-10(9-11(12)16)15-17-13(3,4)14(5,6)18-15;8-9-6-7-4-2-1-3-5-7;/h9,11H,7-8,16H2,1-6H3;1-5,8H,6H2;1H. The Morgan fingerprint density at radius 1 is 1.11 bits per heavy atom. The van der Waals surface area contributed by atoms with Crippen molar-refractivity contribution in [2.75, 3.05) is 0 Å². The molecular weight excluding hydrogens is 341 g/mol. The van der Waals surface area contributed by atoms with Gasteiger partial charge >= 0.3 is 7.12 Å². The third-order valence-electron chi connectivity index (χ3n) is 5.98. The van der Waals surface area contributed by atoms with Crippen LogP contribution in [0.2, 0.25) is 0 Å². The normalized spacial score (nSPS) is 25.4. The van der Waals surface area contributed by atoms with Gasteiger partial charge in [0.2, 0.25) is 0 Å². The topological polar surface area (TPSA) is 73.9 Å². The van der Waals surface area contributed by atoms with Crippen molar-refractivity contribution in [2.24, 2.45) is 11.1 Å². The maximum absolute atomic E-state index is 8.02. The van der Waals surface area contributed by atoms with Crippen molar-refractivity contribution in [1.82, 2.24) is 0 Å². The van der Waals surface area contributed by atoms with Crippen LogP contribution in [-0.4, -0.2) is 29.6 Å². The first kappa shape index (κ1) is 22.1. The lowest BCUT2D eigenvalue weighted by Gasteiger charge is -2.35. The highest BCUT2D eigenvalue weighted by atomic mass is 17.1. The molecule has 5 nitrogen and oxygen atoms in total. The zero-order chi connectivity index (χ0) is 20.3. The molecule has 0 spiro atoms. The van der Waals surface area contributed by atoms with Gasteiger partial charge in [-0.05, 0) is 57.0 Å². The average molecular weight is 377 g/mol. The Labute approximate surface area is 165 Å². The smallest absolute Gasteiger partial charge is 0.400 e. The quantitative estimate of drug-likeness (QED) is 0.457. The Bertz CT molecular complexity index is 633. The van der Waals surface area contributed by atoms with Gasteiger partial charge in [0.25, 0.3) is 0 Å². The van der Waals surface area contributed by atoms with Crippen LogP contribution in [0.3, 0.4) is 0 Å².